The number of aliphatic hydroxyl groups is 1. The second-order valence-electron chi connectivity index (χ2n) is 7.62. The lowest BCUT2D eigenvalue weighted by Gasteiger charge is -2.29. The molecular weight excluding hydrogens is 346 g/mol. The molecule has 4 nitrogen and oxygen atoms in total. The van der Waals surface area contributed by atoms with Gasteiger partial charge < -0.3 is 14.6 Å². The molecule has 2 aromatic heterocycles. The van der Waals surface area contributed by atoms with Crippen LogP contribution in [0.5, 0.6) is 0 Å². The van der Waals surface area contributed by atoms with E-state index in [1.165, 1.54) is 16.6 Å². The third-order valence-electron chi connectivity index (χ3n) is 5.39. The summed E-state index contributed by atoms with van der Waals surface area (Å²) < 4.78 is 2.28. The lowest BCUT2D eigenvalue weighted by molar-refractivity contribution is 0.0383. The third kappa shape index (κ3) is 3.02. The summed E-state index contributed by atoms with van der Waals surface area (Å²) in [6.07, 6.45) is 2.74. The molecule has 1 aliphatic heterocycles. The van der Waals surface area contributed by atoms with E-state index in [4.69, 9.17) is 11.6 Å². The van der Waals surface area contributed by atoms with Crippen molar-refractivity contribution in [3.05, 3.63) is 64.1 Å². The zero-order chi connectivity index (χ0) is 18.5. The number of nitrogens with zero attached hydrogens (tertiary/aromatic N) is 3. The molecule has 0 saturated heterocycles. The Hall–Kier alpha value is -1.88. The Bertz CT molecular complexity index is 977. The van der Waals surface area contributed by atoms with E-state index in [1.54, 1.807) is 6.20 Å². The number of rotatable bonds is 3. The van der Waals surface area contributed by atoms with Crippen molar-refractivity contribution in [2.75, 3.05) is 13.6 Å². The van der Waals surface area contributed by atoms with Crippen molar-refractivity contribution < 1.29 is 5.11 Å². The summed E-state index contributed by atoms with van der Waals surface area (Å²) in [5.41, 5.74) is 4.61. The monoisotopic (exact) mass is 369 g/mol. The van der Waals surface area contributed by atoms with Gasteiger partial charge in [-0.15, -0.1) is 0 Å². The Balaban J connectivity index is 1.84. The maximum atomic E-state index is 11.3. The van der Waals surface area contributed by atoms with Gasteiger partial charge in [0.05, 0.1) is 6.54 Å². The van der Waals surface area contributed by atoms with Gasteiger partial charge in [-0.25, -0.2) is 0 Å². The van der Waals surface area contributed by atoms with Gasteiger partial charge in [0.15, 0.2) is 0 Å². The van der Waals surface area contributed by atoms with Crippen LogP contribution in [0.15, 0.2) is 36.5 Å². The molecule has 5 heteroatoms. The predicted molar refractivity (Wildman–Crippen MR) is 106 cm³/mol. The van der Waals surface area contributed by atoms with Crippen molar-refractivity contribution in [3.8, 4) is 0 Å². The van der Waals surface area contributed by atoms with Crippen molar-refractivity contribution in [3.63, 3.8) is 0 Å². The first-order chi connectivity index (χ1) is 12.3. The second-order valence-corrected chi connectivity index (χ2v) is 8.06. The number of benzene rings is 1. The first-order valence-electron chi connectivity index (χ1n) is 8.99. The molecule has 1 atom stereocenters. The number of fused-ring (bicyclic) bond motifs is 3. The van der Waals surface area contributed by atoms with Crippen LogP contribution in [0.3, 0.4) is 0 Å². The fourth-order valence-corrected chi connectivity index (χ4v) is 4.19. The van der Waals surface area contributed by atoms with Crippen LogP contribution in [-0.4, -0.2) is 33.1 Å². The van der Waals surface area contributed by atoms with Gasteiger partial charge >= 0.3 is 0 Å². The lowest BCUT2D eigenvalue weighted by atomic mass is 9.96. The topological polar surface area (TPSA) is 41.3 Å². The standard InChI is InChI=1S/C21H24ClN3O/c1-14-10-15(6-8-23-14)21(2,26)13-25-19-5-4-16(22)11-17(19)18-12-24(3)9-7-20(18)25/h4-6,8,10-11,26H,7,9,12-13H2,1-3H3. The van der Waals surface area contributed by atoms with Crippen LogP contribution in [-0.2, 0) is 25.1 Å². The van der Waals surface area contributed by atoms with E-state index in [-0.39, 0.29) is 0 Å². The molecule has 4 rings (SSSR count). The van der Waals surface area contributed by atoms with Crippen LogP contribution < -0.4 is 0 Å². The summed E-state index contributed by atoms with van der Waals surface area (Å²) in [7, 11) is 2.15. The van der Waals surface area contributed by atoms with E-state index >= 15 is 0 Å². The molecule has 0 amide bonds. The highest BCUT2D eigenvalue weighted by atomic mass is 35.5. The quantitative estimate of drug-likeness (QED) is 0.761. The molecule has 26 heavy (non-hydrogen) atoms. The predicted octanol–water partition coefficient (Wildman–Crippen LogP) is 3.89. The van der Waals surface area contributed by atoms with E-state index in [2.05, 4.69) is 33.6 Å². The highest BCUT2D eigenvalue weighted by Gasteiger charge is 2.29. The van der Waals surface area contributed by atoms with Gasteiger partial charge in [-0.05, 0) is 62.4 Å². The van der Waals surface area contributed by atoms with Gasteiger partial charge in [0.25, 0.3) is 0 Å². The minimum Gasteiger partial charge on any atom is -0.384 e. The average Bonchev–Trinajstić information content (AvgIpc) is 2.87. The Morgan fingerprint density at radius 2 is 2.08 bits per heavy atom. The Morgan fingerprint density at radius 1 is 1.27 bits per heavy atom. The van der Waals surface area contributed by atoms with Crippen molar-refractivity contribution in [1.29, 1.82) is 0 Å². The first kappa shape index (κ1) is 17.5. The Morgan fingerprint density at radius 3 is 2.85 bits per heavy atom. The minimum atomic E-state index is -0.976. The smallest absolute Gasteiger partial charge is 0.105 e. The molecule has 3 aromatic rings. The molecule has 1 unspecified atom stereocenters. The van der Waals surface area contributed by atoms with Gasteiger partial charge in [-0.2, -0.15) is 0 Å². The molecule has 0 fully saturated rings. The van der Waals surface area contributed by atoms with Crippen LogP contribution in [0, 0.1) is 6.92 Å². The molecule has 0 radical (unpaired) electrons. The molecular formula is C21H24ClN3O. The summed E-state index contributed by atoms with van der Waals surface area (Å²) in [4.78, 5) is 6.58. The maximum Gasteiger partial charge on any atom is 0.105 e. The molecule has 1 aromatic carbocycles. The molecule has 136 valence electrons. The van der Waals surface area contributed by atoms with Gasteiger partial charge in [0.2, 0.25) is 0 Å². The molecule has 0 saturated carbocycles. The molecule has 1 N–H and O–H groups in total. The number of halogens is 1. The number of pyridine rings is 1. The Kier molecular flexibility index (Phi) is 4.30. The molecule has 0 spiro atoms. The number of hydrogen-bond donors (Lipinski definition) is 1. The summed E-state index contributed by atoms with van der Waals surface area (Å²) in [6, 6.07) is 9.92. The lowest BCUT2D eigenvalue weighted by Crippen LogP contribution is -2.31. The minimum absolute atomic E-state index is 0.508. The van der Waals surface area contributed by atoms with Crippen molar-refractivity contribution in [2.24, 2.45) is 0 Å². The summed E-state index contributed by atoms with van der Waals surface area (Å²) in [5.74, 6) is 0. The largest absolute Gasteiger partial charge is 0.384 e. The zero-order valence-corrected chi connectivity index (χ0v) is 16.2. The van der Waals surface area contributed by atoms with E-state index in [0.29, 0.717) is 6.54 Å². The van der Waals surface area contributed by atoms with Crippen molar-refractivity contribution in [2.45, 2.75) is 39.0 Å². The van der Waals surface area contributed by atoms with Gasteiger partial charge in [0, 0.05) is 53.0 Å². The van der Waals surface area contributed by atoms with Crippen LogP contribution in [0.25, 0.3) is 10.9 Å². The van der Waals surface area contributed by atoms with Crippen LogP contribution in [0.1, 0.15) is 29.4 Å². The number of likely N-dealkylation sites (N-methyl/N-ethyl adjacent to an activating group) is 1. The maximum absolute atomic E-state index is 11.3. The van der Waals surface area contributed by atoms with E-state index in [0.717, 1.165) is 41.3 Å². The summed E-state index contributed by atoms with van der Waals surface area (Å²) in [5, 5.41) is 13.2. The SMILES string of the molecule is Cc1cc(C(C)(O)Cn2c3c(c4cc(Cl)ccc42)CN(C)CC3)ccn1. The van der Waals surface area contributed by atoms with Gasteiger partial charge in [-0.3, -0.25) is 4.98 Å². The fraction of sp³-hybridized carbons (Fsp3) is 0.381. The van der Waals surface area contributed by atoms with E-state index in [9.17, 15) is 5.11 Å². The Labute approximate surface area is 159 Å². The second kappa shape index (κ2) is 6.38. The summed E-state index contributed by atoms with van der Waals surface area (Å²) in [6.45, 7) is 6.27. The summed E-state index contributed by atoms with van der Waals surface area (Å²) >= 11 is 6.27. The number of aryl methyl sites for hydroxylation is 1. The van der Waals surface area contributed by atoms with Crippen LogP contribution in [0.2, 0.25) is 5.02 Å². The first-order valence-corrected chi connectivity index (χ1v) is 9.36. The molecule has 0 aliphatic carbocycles. The average molecular weight is 370 g/mol. The van der Waals surface area contributed by atoms with E-state index in [1.807, 2.05) is 32.0 Å². The number of aromatic nitrogens is 2. The van der Waals surface area contributed by atoms with Gasteiger partial charge in [-0.1, -0.05) is 11.6 Å². The molecule has 0 bridgehead atoms. The van der Waals surface area contributed by atoms with Crippen LogP contribution >= 0.6 is 11.6 Å². The van der Waals surface area contributed by atoms with Gasteiger partial charge in [0.1, 0.15) is 5.60 Å². The van der Waals surface area contributed by atoms with Crippen LogP contribution in [0.4, 0.5) is 0 Å². The highest BCUT2D eigenvalue weighted by molar-refractivity contribution is 6.31. The van der Waals surface area contributed by atoms with Crippen molar-refractivity contribution in [1.82, 2.24) is 14.5 Å². The zero-order valence-electron chi connectivity index (χ0n) is 15.5. The highest BCUT2D eigenvalue weighted by Crippen LogP contribution is 2.35. The molecule has 1 aliphatic rings. The van der Waals surface area contributed by atoms with Crippen molar-refractivity contribution >= 4 is 22.5 Å². The fourth-order valence-electron chi connectivity index (χ4n) is 4.02. The molecule has 3 heterocycles. The number of hydrogen-bond acceptors (Lipinski definition) is 3. The third-order valence-corrected chi connectivity index (χ3v) is 5.63. The van der Waals surface area contributed by atoms with E-state index < -0.39 is 5.60 Å². The normalized spacial score (nSPS) is 17.3.